The van der Waals surface area contributed by atoms with E-state index in [-0.39, 0.29) is 17.5 Å². The second-order valence-electron chi connectivity index (χ2n) is 6.36. The van der Waals surface area contributed by atoms with Crippen LogP contribution in [0, 0.1) is 0 Å². The summed E-state index contributed by atoms with van der Waals surface area (Å²) in [6.07, 6.45) is -3.08. The van der Waals surface area contributed by atoms with E-state index < -0.39 is 30.0 Å². The summed E-state index contributed by atoms with van der Waals surface area (Å²) in [5.74, 6) is -5.07. The fourth-order valence-electron chi connectivity index (χ4n) is 2.10. The molecule has 0 aliphatic rings. The first-order valence-corrected chi connectivity index (χ1v) is 9.39. The van der Waals surface area contributed by atoms with Crippen molar-refractivity contribution in [2.24, 2.45) is 0 Å². The number of ether oxygens (including phenoxy) is 1. The smallest absolute Gasteiger partial charge is 0.456 e. The van der Waals surface area contributed by atoms with Crippen LogP contribution in [0.3, 0.4) is 0 Å². The van der Waals surface area contributed by atoms with Gasteiger partial charge in [-0.05, 0) is 30.5 Å². The van der Waals surface area contributed by atoms with E-state index >= 15 is 0 Å². The van der Waals surface area contributed by atoms with E-state index in [4.69, 9.17) is 8.37 Å². The van der Waals surface area contributed by atoms with Gasteiger partial charge < -0.3 is 8.92 Å². The zero-order chi connectivity index (χ0) is 22.5. The Hall–Kier alpha value is -2.34. The number of halogens is 5. The molecule has 0 bridgehead atoms. The molecule has 12 heteroatoms. The van der Waals surface area contributed by atoms with Gasteiger partial charge in [0.1, 0.15) is 5.75 Å². The van der Waals surface area contributed by atoms with Gasteiger partial charge in [0.2, 0.25) is 12.3 Å². The maximum absolute atomic E-state index is 13.0. The van der Waals surface area contributed by atoms with Gasteiger partial charge in [0.15, 0.2) is 18.2 Å². The molecule has 0 atom stereocenters. The average Bonchev–Trinajstić information content (AvgIpc) is 2.66. The molecular weight excluding hydrogens is 435 g/mol. The third-order valence-electron chi connectivity index (χ3n) is 3.76. The average molecular weight is 454 g/mol. The van der Waals surface area contributed by atoms with Crippen LogP contribution in [0.5, 0.6) is 11.5 Å². The molecule has 2 aromatic heterocycles. The van der Waals surface area contributed by atoms with E-state index in [1.165, 1.54) is 0 Å². The van der Waals surface area contributed by atoms with Gasteiger partial charge in [-0.2, -0.15) is 22.0 Å². The number of pyridine rings is 2. The van der Waals surface area contributed by atoms with Crippen LogP contribution in [0.15, 0.2) is 35.4 Å². The minimum absolute atomic E-state index is 0.0868. The van der Waals surface area contributed by atoms with Gasteiger partial charge in [-0.25, -0.2) is 4.98 Å². The SMILES string of the molecule is CCOSOc1cc(C(C)C)cnc1-n1ccc(OCC(F)(F)C(F)(F)F)cc1=O. The van der Waals surface area contributed by atoms with E-state index in [9.17, 15) is 26.7 Å². The highest BCUT2D eigenvalue weighted by Crippen LogP contribution is 2.35. The van der Waals surface area contributed by atoms with Crippen LogP contribution >= 0.6 is 12.3 Å². The number of hydrogen-bond acceptors (Lipinski definition) is 6. The molecule has 2 heterocycles. The third-order valence-corrected chi connectivity index (χ3v) is 4.34. The highest BCUT2D eigenvalue weighted by Gasteiger charge is 2.58. The Morgan fingerprint density at radius 3 is 2.47 bits per heavy atom. The fraction of sp³-hybridized carbons (Fsp3) is 0.444. The summed E-state index contributed by atoms with van der Waals surface area (Å²) in [5, 5.41) is 0. The standard InChI is InChI=1S/C18H19F5N2O4S/c1-4-28-30-29-14-7-12(11(2)3)9-24-16(14)25-6-5-13(8-15(25)26)27-10-17(19,20)18(21,22)23/h5-9,11H,4,10H2,1-3H3. The molecule has 0 saturated heterocycles. The van der Waals surface area contributed by atoms with Crippen molar-refractivity contribution in [3.63, 3.8) is 0 Å². The van der Waals surface area contributed by atoms with E-state index in [2.05, 4.69) is 9.72 Å². The lowest BCUT2D eigenvalue weighted by Crippen LogP contribution is -2.41. The van der Waals surface area contributed by atoms with Crippen LogP contribution in [0.1, 0.15) is 32.3 Å². The lowest BCUT2D eigenvalue weighted by Gasteiger charge is -2.19. The van der Waals surface area contributed by atoms with Crippen LogP contribution in [0.2, 0.25) is 0 Å². The molecule has 30 heavy (non-hydrogen) atoms. The molecule has 0 N–H and O–H groups in total. The highest BCUT2D eigenvalue weighted by molar-refractivity contribution is 7.90. The predicted molar refractivity (Wildman–Crippen MR) is 100 cm³/mol. The molecular formula is C18H19F5N2O4S. The first-order valence-electron chi connectivity index (χ1n) is 8.72. The molecule has 2 rings (SSSR count). The lowest BCUT2D eigenvalue weighted by atomic mass is 10.1. The van der Waals surface area contributed by atoms with Crippen molar-refractivity contribution < 1.29 is 35.1 Å². The molecule has 0 unspecified atom stereocenters. The van der Waals surface area contributed by atoms with Crippen molar-refractivity contribution in [2.45, 2.75) is 38.8 Å². The van der Waals surface area contributed by atoms with Gasteiger partial charge in [0.25, 0.3) is 5.56 Å². The Labute approximate surface area is 173 Å². The molecule has 0 aliphatic heterocycles. The van der Waals surface area contributed by atoms with Gasteiger partial charge in [-0.3, -0.25) is 13.5 Å². The molecule has 0 aromatic carbocycles. The quantitative estimate of drug-likeness (QED) is 0.305. The molecule has 6 nitrogen and oxygen atoms in total. The summed E-state index contributed by atoms with van der Waals surface area (Å²) in [4.78, 5) is 16.6. The van der Waals surface area contributed by atoms with Crippen molar-refractivity contribution in [2.75, 3.05) is 13.2 Å². The number of hydrogen-bond donors (Lipinski definition) is 0. The minimum Gasteiger partial charge on any atom is -0.487 e. The molecule has 0 aliphatic carbocycles. The number of alkyl halides is 5. The Bertz CT molecular complexity index is 918. The maximum Gasteiger partial charge on any atom is 0.456 e. The summed E-state index contributed by atoms with van der Waals surface area (Å²) < 4.78 is 78.7. The Balaban J connectivity index is 2.30. The van der Waals surface area contributed by atoms with Gasteiger partial charge in [0, 0.05) is 18.5 Å². The van der Waals surface area contributed by atoms with Crippen LogP contribution < -0.4 is 14.5 Å². The number of rotatable bonds is 9. The van der Waals surface area contributed by atoms with Crippen molar-refractivity contribution >= 4 is 12.3 Å². The van der Waals surface area contributed by atoms with Crippen molar-refractivity contribution in [3.05, 3.63) is 46.5 Å². The van der Waals surface area contributed by atoms with Crippen LogP contribution in [0.4, 0.5) is 22.0 Å². The van der Waals surface area contributed by atoms with Crippen molar-refractivity contribution in [1.29, 1.82) is 0 Å². The van der Waals surface area contributed by atoms with Crippen molar-refractivity contribution in [3.8, 4) is 17.3 Å². The van der Waals surface area contributed by atoms with Crippen LogP contribution in [-0.2, 0) is 4.18 Å². The van der Waals surface area contributed by atoms with Crippen LogP contribution in [0.25, 0.3) is 5.82 Å². The monoisotopic (exact) mass is 454 g/mol. The normalized spacial score (nSPS) is 12.3. The number of aromatic nitrogens is 2. The first-order chi connectivity index (χ1) is 14.0. The summed E-state index contributed by atoms with van der Waals surface area (Å²) >= 11 is 0.688. The summed E-state index contributed by atoms with van der Waals surface area (Å²) in [5.41, 5.74) is 0.0621. The largest absolute Gasteiger partial charge is 0.487 e. The van der Waals surface area contributed by atoms with E-state index in [1.807, 2.05) is 13.8 Å². The molecule has 0 fully saturated rings. The Kier molecular flexibility index (Phi) is 7.70. The topological polar surface area (TPSA) is 62.6 Å². The highest BCUT2D eigenvalue weighted by atomic mass is 32.2. The van der Waals surface area contributed by atoms with Gasteiger partial charge >= 0.3 is 12.1 Å². The Morgan fingerprint density at radius 1 is 1.20 bits per heavy atom. The number of nitrogens with zero attached hydrogens (tertiary/aromatic N) is 2. The second kappa shape index (κ2) is 9.65. The van der Waals surface area contributed by atoms with Gasteiger partial charge in [-0.15, -0.1) is 0 Å². The zero-order valence-corrected chi connectivity index (χ0v) is 17.0. The van der Waals surface area contributed by atoms with E-state index in [0.29, 0.717) is 18.9 Å². The van der Waals surface area contributed by atoms with Crippen LogP contribution in [-0.4, -0.2) is 34.9 Å². The maximum atomic E-state index is 13.0. The third kappa shape index (κ3) is 5.85. The molecule has 2 aromatic rings. The lowest BCUT2D eigenvalue weighted by molar-refractivity contribution is -0.290. The summed E-state index contributed by atoms with van der Waals surface area (Å²) in [6, 6.07) is 3.52. The fourth-order valence-corrected chi connectivity index (χ4v) is 2.44. The zero-order valence-electron chi connectivity index (χ0n) is 16.2. The Morgan fingerprint density at radius 2 is 1.90 bits per heavy atom. The van der Waals surface area contributed by atoms with Gasteiger partial charge in [0.05, 0.1) is 6.61 Å². The summed E-state index contributed by atoms with van der Waals surface area (Å²) in [6.45, 7) is 4.05. The molecule has 0 amide bonds. The van der Waals surface area contributed by atoms with E-state index in [0.717, 1.165) is 28.5 Å². The second-order valence-corrected chi connectivity index (χ2v) is 6.90. The predicted octanol–water partition coefficient (Wildman–Crippen LogP) is 4.91. The molecule has 0 radical (unpaired) electrons. The molecule has 0 spiro atoms. The first kappa shape index (κ1) is 23.9. The van der Waals surface area contributed by atoms with Gasteiger partial charge in [-0.1, -0.05) is 13.8 Å². The summed E-state index contributed by atoms with van der Waals surface area (Å²) in [7, 11) is 0. The molecule has 166 valence electrons. The van der Waals surface area contributed by atoms with E-state index in [1.54, 1.807) is 19.2 Å². The minimum atomic E-state index is -5.76. The molecule has 0 saturated carbocycles. The van der Waals surface area contributed by atoms with Crippen molar-refractivity contribution in [1.82, 2.24) is 9.55 Å².